The molecule has 3 aromatic rings. The smallest absolute Gasteiger partial charge is 0.273 e. The SMILES string of the molecule is O=[N+]([O-])c1cccc(OCCSc2nncn2CCc2cccs2)c1. The zero-order valence-corrected chi connectivity index (χ0v) is 14.9. The molecule has 3 rings (SSSR count). The van der Waals surface area contributed by atoms with Crippen LogP contribution in [0, 0.1) is 10.1 Å². The number of benzene rings is 1. The third-order valence-electron chi connectivity index (χ3n) is 3.37. The molecule has 0 saturated heterocycles. The molecule has 0 unspecified atom stereocenters. The van der Waals surface area contributed by atoms with Crippen LogP contribution < -0.4 is 4.74 Å². The van der Waals surface area contributed by atoms with Gasteiger partial charge in [0.05, 0.1) is 17.6 Å². The summed E-state index contributed by atoms with van der Waals surface area (Å²) in [6.07, 6.45) is 2.69. The van der Waals surface area contributed by atoms with E-state index < -0.39 is 4.92 Å². The molecule has 0 atom stereocenters. The zero-order valence-electron chi connectivity index (χ0n) is 13.3. The highest BCUT2D eigenvalue weighted by molar-refractivity contribution is 7.99. The first-order chi connectivity index (χ1) is 12.2. The van der Waals surface area contributed by atoms with E-state index in [-0.39, 0.29) is 5.69 Å². The first-order valence-corrected chi connectivity index (χ1v) is 9.49. The molecular formula is C16H16N4O3S2. The summed E-state index contributed by atoms with van der Waals surface area (Å²) in [4.78, 5) is 11.7. The van der Waals surface area contributed by atoms with Crippen LogP contribution in [-0.4, -0.2) is 32.0 Å². The predicted octanol–water partition coefficient (Wildman–Crippen LogP) is 3.66. The van der Waals surface area contributed by atoms with Crippen LogP contribution in [0.15, 0.2) is 53.3 Å². The maximum absolute atomic E-state index is 10.8. The second-order valence-corrected chi connectivity index (χ2v) is 7.18. The maximum Gasteiger partial charge on any atom is 0.273 e. The van der Waals surface area contributed by atoms with E-state index in [9.17, 15) is 10.1 Å². The quantitative estimate of drug-likeness (QED) is 0.245. The molecule has 1 aromatic carbocycles. The second-order valence-electron chi connectivity index (χ2n) is 5.09. The molecule has 2 heterocycles. The fraction of sp³-hybridized carbons (Fsp3) is 0.250. The number of thioether (sulfide) groups is 1. The summed E-state index contributed by atoms with van der Waals surface area (Å²) >= 11 is 3.30. The van der Waals surface area contributed by atoms with E-state index in [1.807, 2.05) is 10.6 Å². The predicted molar refractivity (Wildman–Crippen MR) is 97.4 cm³/mol. The normalized spacial score (nSPS) is 10.7. The van der Waals surface area contributed by atoms with Gasteiger partial charge in [-0.2, -0.15) is 0 Å². The molecule has 0 bridgehead atoms. The van der Waals surface area contributed by atoms with Crippen molar-refractivity contribution in [1.29, 1.82) is 0 Å². The van der Waals surface area contributed by atoms with Crippen molar-refractivity contribution < 1.29 is 9.66 Å². The lowest BCUT2D eigenvalue weighted by Crippen LogP contribution is -2.04. The van der Waals surface area contributed by atoms with Gasteiger partial charge in [0.15, 0.2) is 5.16 Å². The van der Waals surface area contributed by atoms with Crippen LogP contribution in [0.2, 0.25) is 0 Å². The number of thiophene rings is 1. The average molecular weight is 376 g/mol. The first kappa shape index (κ1) is 17.4. The Morgan fingerprint density at radius 3 is 3.04 bits per heavy atom. The molecule has 130 valence electrons. The van der Waals surface area contributed by atoms with Crippen molar-refractivity contribution >= 4 is 28.8 Å². The molecule has 0 aliphatic heterocycles. The summed E-state index contributed by atoms with van der Waals surface area (Å²) in [6.45, 7) is 1.27. The van der Waals surface area contributed by atoms with Crippen LogP contribution >= 0.6 is 23.1 Å². The molecule has 0 aliphatic rings. The number of ether oxygens (including phenoxy) is 1. The third kappa shape index (κ3) is 5.04. The Balaban J connectivity index is 1.45. The van der Waals surface area contributed by atoms with Crippen molar-refractivity contribution in [3.63, 3.8) is 0 Å². The van der Waals surface area contributed by atoms with Crippen molar-refractivity contribution in [2.75, 3.05) is 12.4 Å². The maximum atomic E-state index is 10.8. The summed E-state index contributed by atoms with van der Waals surface area (Å²) in [5.74, 6) is 1.18. The van der Waals surface area contributed by atoms with E-state index in [2.05, 4.69) is 21.6 Å². The lowest BCUT2D eigenvalue weighted by Gasteiger charge is -2.07. The highest BCUT2D eigenvalue weighted by Crippen LogP contribution is 2.20. The number of nitro groups is 1. The van der Waals surface area contributed by atoms with Crippen LogP contribution in [-0.2, 0) is 13.0 Å². The Bertz CT molecular complexity index is 820. The van der Waals surface area contributed by atoms with Gasteiger partial charge in [-0.15, -0.1) is 21.5 Å². The van der Waals surface area contributed by atoms with Gasteiger partial charge in [0.25, 0.3) is 5.69 Å². The Morgan fingerprint density at radius 2 is 2.24 bits per heavy atom. The lowest BCUT2D eigenvalue weighted by atomic mass is 10.3. The largest absolute Gasteiger partial charge is 0.492 e. The number of rotatable bonds is 9. The summed E-state index contributed by atoms with van der Waals surface area (Å²) in [5, 5.41) is 21.8. The van der Waals surface area contributed by atoms with Crippen LogP contribution in [0.3, 0.4) is 0 Å². The summed E-state index contributed by atoms with van der Waals surface area (Å²) in [7, 11) is 0. The van der Waals surface area contributed by atoms with Crippen LogP contribution in [0.4, 0.5) is 5.69 Å². The van der Waals surface area contributed by atoms with Crippen LogP contribution in [0.5, 0.6) is 5.75 Å². The van der Waals surface area contributed by atoms with Crippen LogP contribution in [0.1, 0.15) is 4.88 Å². The summed E-state index contributed by atoms with van der Waals surface area (Å²) in [6, 6.07) is 10.4. The van der Waals surface area contributed by atoms with Gasteiger partial charge in [-0.05, 0) is 23.9 Å². The first-order valence-electron chi connectivity index (χ1n) is 7.62. The van der Waals surface area contributed by atoms with E-state index >= 15 is 0 Å². The van der Waals surface area contributed by atoms with Gasteiger partial charge in [-0.25, -0.2) is 0 Å². The molecule has 9 heteroatoms. The van der Waals surface area contributed by atoms with E-state index in [1.165, 1.54) is 17.0 Å². The van der Waals surface area contributed by atoms with Gasteiger partial charge in [0.2, 0.25) is 0 Å². The number of hydrogen-bond acceptors (Lipinski definition) is 7. The average Bonchev–Trinajstić information content (AvgIpc) is 3.28. The zero-order chi connectivity index (χ0) is 17.5. The van der Waals surface area contributed by atoms with Crippen molar-refractivity contribution in [1.82, 2.24) is 14.8 Å². The summed E-state index contributed by atoms with van der Waals surface area (Å²) in [5.41, 5.74) is 0.0264. The molecule has 0 saturated carbocycles. The highest BCUT2D eigenvalue weighted by Gasteiger charge is 2.08. The van der Waals surface area contributed by atoms with Crippen molar-refractivity contribution in [2.24, 2.45) is 0 Å². The Labute approximate surface area is 152 Å². The molecule has 0 radical (unpaired) electrons. The number of aryl methyl sites for hydroxylation is 2. The van der Waals surface area contributed by atoms with E-state index in [1.54, 1.807) is 41.6 Å². The lowest BCUT2D eigenvalue weighted by molar-refractivity contribution is -0.384. The monoisotopic (exact) mass is 376 g/mol. The molecule has 0 aliphatic carbocycles. The number of nitrogens with zero attached hydrogens (tertiary/aromatic N) is 4. The number of hydrogen-bond donors (Lipinski definition) is 0. The fourth-order valence-electron chi connectivity index (χ4n) is 2.17. The number of aromatic nitrogens is 3. The van der Waals surface area contributed by atoms with Gasteiger partial charge in [-0.1, -0.05) is 23.9 Å². The highest BCUT2D eigenvalue weighted by atomic mass is 32.2. The Morgan fingerprint density at radius 1 is 1.32 bits per heavy atom. The van der Waals surface area contributed by atoms with Gasteiger partial charge >= 0.3 is 0 Å². The van der Waals surface area contributed by atoms with Gasteiger partial charge in [0.1, 0.15) is 12.1 Å². The number of nitro benzene ring substituents is 1. The molecule has 0 fully saturated rings. The van der Waals surface area contributed by atoms with Gasteiger partial charge < -0.3 is 9.30 Å². The van der Waals surface area contributed by atoms with E-state index in [4.69, 9.17) is 4.74 Å². The molecule has 0 amide bonds. The van der Waals surface area contributed by atoms with Crippen molar-refractivity contribution in [3.05, 3.63) is 63.1 Å². The van der Waals surface area contributed by atoms with E-state index in [0.717, 1.165) is 18.1 Å². The third-order valence-corrected chi connectivity index (χ3v) is 5.25. The molecule has 2 aromatic heterocycles. The van der Waals surface area contributed by atoms with E-state index in [0.29, 0.717) is 18.1 Å². The molecule has 25 heavy (non-hydrogen) atoms. The summed E-state index contributed by atoms with van der Waals surface area (Å²) < 4.78 is 7.60. The molecule has 7 nitrogen and oxygen atoms in total. The number of non-ortho nitro benzene ring substituents is 1. The topological polar surface area (TPSA) is 83.1 Å². The van der Waals surface area contributed by atoms with Gasteiger partial charge in [-0.3, -0.25) is 10.1 Å². The second kappa shape index (κ2) is 8.63. The van der Waals surface area contributed by atoms with Crippen LogP contribution in [0.25, 0.3) is 0 Å². The Hall–Kier alpha value is -2.39. The minimum Gasteiger partial charge on any atom is -0.492 e. The van der Waals surface area contributed by atoms with Crippen molar-refractivity contribution in [3.8, 4) is 5.75 Å². The molecule has 0 spiro atoms. The minimum atomic E-state index is -0.433. The van der Waals surface area contributed by atoms with Gasteiger partial charge in [0, 0.05) is 23.2 Å². The minimum absolute atomic E-state index is 0.0264. The fourth-order valence-corrected chi connectivity index (χ4v) is 3.63. The van der Waals surface area contributed by atoms with Crippen molar-refractivity contribution in [2.45, 2.75) is 18.1 Å². The standard InChI is InChI=1S/C16H16N4O3S2/c21-20(22)13-3-1-4-14(11-13)23-8-10-25-16-18-17-12-19(16)7-6-15-5-2-9-24-15/h1-5,9,11-12H,6-8,10H2. The Kier molecular flexibility index (Phi) is 6.02. The molecule has 0 N–H and O–H groups in total. The molecular weight excluding hydrogens is 360 g/mol.